The predicted molar refractivity (Wildman–Crippen MR) is 109 cm³/mol. The SMILES string of the molecule is Cc1c(N[C@H]([C@@H](C)O)N2COC(c3ccc([SH](=O)=O)cc3)=N2)ccc(C#N)c1Cl. The molecule has 0 spiro atoms. The summed E-state index contributed by atoms with van der Waals surface area (Å²) in [4.78, 5) is 0.205. The van der Waals surface area contributed by atoms with E-state index >= 15 is 0 Å². The van der Waals surface area contributed by atoms with Crippen LogP contribution < -0.4 is 5.32 Å². The summed E-state index contributed by atoms with van der Waals surface area (Å²) < 4.78 is 27.7. The molecular formula is C19H19ClN4O4S. The first-order chi connectivity index (χ1) is 13.8. The molecule has 2 atom stereocenters. The van der Waals surface area contributed by atoms with E-state index in [-0.39, 0.29) is 11.6 Å². The van der Waals surface area contributed by atoms with E-state index in [4.69, 9.17) is 21.6 Å². The number of thiol groups is 1. The van der Waals surface area contributed by atoms with Crippen LogP contribution >= 0.6 is 11.6 Å². The molecule has 0 aliphatic carbocycles. The molecule has 0 radical (unpaired) electrons. The number of benzene rings is 2. The lowest BCUT2D eigenvalue weighted by Crippen LogP contribution is -2.44. The van der Waals surface area contributed by atoms with Crippen molar-refractivity contribution in [2.45, 2.75) is 31.0 Å². The Hall–Kier alpha value is -2.80. The second kappa shape index (κ2) is 8.69. The fraction of sp³-hybridized carbons (Fsp3) is 0.263. The average Bonchev–Trinajstić information content (AvgIpc) is 3.18. The second-order valence-corrected chi connectivity index (χ2v) is 7.87. The first-order valence-electron chi connectivity index (χ1n) is 8.68. The number of nitrogens with one attached hydrogen (secondary N) is 1. The highest BCUT2D eigenvalue weighted by Gasteiger charge is 2.29. The van der Waals surface area contributed by atoms with Crippen LogP contribution in [0.15, 0.2) is 46.4 Å². The Bertz CT molecular complexity index is 1050. The number of nitriles is 1. The Morgan fingerprint density at radius 3 is 2.59 bits per heavy atom. The largest absolute Gasteiger partial charge is 0.453 e. The Morgan fingerprint density at radius 1 is 1.31 bits per heavy atom. The molecule has 2 N–H and O–H groups in total. The smallest absolute Gasteiger partial charge is 0.240 e. The highest BCUT2D eigenvalue weighted by Crippen LogP contribution is 2.28. The summed E-state index contributed by atoms with van der Waals surface area (Å²) in [6.45, 7) is 3.49. The minimum Gasteiger partial charge on any atom is -0.453 e. The summed E-state index contributed by atoms with van der Waals surface area (Å²) >= 11 is 6.23. The van der Waals surface area contributed by atoms with Crippen molar-refractivity contribution in [3.05, 3.63) is 58.1 Å². The first-order valence-corrected chi connectivity index (χ1v) is 10.2. The van der Waals surface area contributed by atoms with Crippen molar-refractivity contribution in [2.75, 3.05) is 12.0 Å². The molecule has 29 heavy (non-hydrogen) atoms. The van der Waals surface area contributed by atoms with Crippen molar-refractivity contribution in [1.29, 1.82) is 5.26 Å². The van der Waals surface area contributed by atoms with Crippen LogP contribution in [-0.4, -0.2) is 43.4 Å². The number of halogens is 1. The zero-order valence-corrected chi connectivity index (χ0v) is 17.3. The molecule has 0 bridgehead atoms. The quantitative estimate of drug-likeness (QED) is 0.597. The summed E-state index contributed by atoms with van der Waals surface area (Å²) in [7, 11) is -2.65. The molecule has 0 unspecified atom stereocenters. The maximum absolute atomic E-state index is 11.0. The van der Waals surface area contributed by atoms with Gasteiger partial charge in [-0.2, -0.15) is 5.26 Å². The van der Waals surface area contributed by atoms with Crippen LogP contribution in [-0.2, 0) is 15.4 Å². The number of ether oxygens (including phenoxy) is 1. The third-order valence-corrected chi connectivity index (χ3v) is 5.67. The topological polar surface area (TPSA) is 115 Å². The minimum absolute atomic E-state index is 0.0958. The van der Waals surface area contributed by atoms with Gasteiger partial charge in [0.2, 0.25) is 5.90 Å². The van der Waals surface area contributed by atoms with Crippen molar-refractivity contribution in [3.8, 4) is 6.07 Å². The first kappa shape index (κ1) is 20.9. The summed E-state index contributed by atoms with van der Waals surface area (Å²) in [5, 5.41) is 28.9. The van der Waals surface area contributed by atoms with Gasteiger partial charge in [-0.1, -0.05) is 11.6 Å². The van der Waals surface area contributed by atoms with Gasteiger partial charge >= 0.3 is 0 Å². The van der Waals surface area contributed by atoms with Crippen LogP contribution in [0.2, 0.25) is 5.02 Å². The van der Waals surface area contributed by atoms with E-state index in [1.807, 2.05) is 6.07 Å². The van der Waals surface area contributed by atoms with Crippen LogP contribution in [0.25, 0.3) is 0 Å². The summed E-state index contributed by atoms with van der Waals surface area (Å²) in [5.41, 5.74) is 2.33. The molecule has 152 valence electrons. The molecule has 10 heteroatoms. The monoisotopic (exact) mass is 434 g/mol. The maximum Gasteiger partial charge on any atom is 0.240 e. The van der Waals surface area contributed by atoms with Gasteiger partial charge in [-0.25, -0.2) is 13.4 Å². The third-order valence-electron chi connectivity index (χ3n) is 4.47. The molecule has 2 aromatic rings. The Morgan fingerprint density at radius 2 is 2.00 bits per heavy atom. The van der Waals surface area contributed by atoms with Gasteiger partial charge in [0.05, 0.1) is 21.6 Å². The zero-order valence-electron chi connectivity index (χ0n) is 15.7. The molecule has 0 saturated carbocycles. The highest BCUT2D eigenvalue weighted by atomic mass is 35.5. The molecule has 1 aliphatic heterocycles. The van der Waals surface area contributed by atoms with E-state index in [0.717, 1.165) is 0 Å². The van der Waals surface area contributed by atoms with Crippen molar-refractivity contribution >= 4 is 33.9 Å². The lowest BCUT2D eigenvalue weighted by Gasteiger charge is -2.29. The molecule has 1 aliphatic rings. The molecule has 3 rings (SSSR count). The normalized spacial score (nSPS) is 15.4. The van der Waals surface area contributed by atoms with Crippen LogP contribution in [0.4, 0.5) is 5.69 Å². The molecule has 0 amide bonds. The average molecular weight is 435 g/mol. The standard InChI is InChI=1S/C19H19ClN4O4S/c1-11-16(8-5-14(9-21)17(11)20)22-18(12(2)25)24-10-28-19(23-24)13-3-6-15(7-4-13)29(26)27/h3-8,12,18,22,25,29H,10H2,1-2H3/t12-,18+/m1/s1. The van der Waals surface area contributed by atoms with E-state index in [0.29, 0.717) is 33.3 Å². The summed E-state index contributed by atoms with van der Waals surface area (Å²) in [6, 6.07) is 11.5. The van der Waals surface area contributed by atoms with E-state index in [2.05, 4.69) is 10.4 Å². The van der Waals surface area contributed by atoms with E-state index in [1.54, 1.807) is 43.1 Å². The Balaban J connectivity index is 1.83. The van der Waals surface area contributed by atoms with Gasteiger partial charge in [0.1, 0.15) is 12.2 Å². The lowest BCUT2D eigenvalue weighted by molar-refractivity contribution is 0.0493. The number of nitrogens with zero attached hydrogens (tertiary/aromatic N) is 3. The van der Waals surface area contributed by atoms with Gasteiger partial charge < -0.3 is 15.2 Å². The molecular weight excluding hydrogens is 416 g/mol. The van der Waals surface area contributed by atoms with Gasteiger partial charge in [-0.3, -0.25) is 0 Å². The van der Waals surface area contributed by atoms with Gasteiger partial charge in [0.25, 0.3) is 0 Å². The van der Waals surface area contributed by atoms with Gasteiger partial charge in [-0.15, -0.1) is 5.10 Å². The van der Waals surface area contributed by atoms with Gasteiger partial charge in [0.15, 0.2) is 17.4 Å². The minimum atomic E-state index is -2.65. The number of hydrogen-bond acceptors (Lipinski definition) is 8. The van der Waals surface area contributed by atoms with Crippen molar-refractivity contribution in [2.24, 2.45) is 5.10 Å². The number of hydrazone groups is 1. The lowest BCUT2D eigenvalue weighted by atomic mass is 10.1. The number of aliphatic hydroxyl groups is 1. The third kappa shape index (κ3) is 4.45. The van der Waals surface area contributed by atoms with Gasteiger partial charge in [0, 0.05) is 11.3 Å². The van der Waals surface area contributed by atoms with Crippen molar-refractivity contribution < 1.29 is 18.3 Å². The number of rotatable bonds is 6. The van der Waals surface area contributed by atoms with Crippen LogP contribution in [0, 0.1) is 18.3 Å². The maximum atomic E-state index is 11.0. The van der Waals surface area contributed by atoms with Crippen LogP contribution in [0.5, 0.6) is 0 Å². The van der Waals surface area contributed by atoms with E-state index < -0.39 is 23.0 Å². The highest BCUT2D eigenvalue weighted by molar-refractivity contribution is 7.72. The molecule has 0 aromatic heterocycles. The molecule has 0 fully saturated rings. The van der Waals surface area contributed by atoms with Crippen molar-refractivity contribution in [1.82, 2.24) is 5.01 Å². The number of anilines is 1. The molecule has 2 aromatic carbocycles. The zero-order chi connectivity index (χ0) is 21.1. The van der Waals surface area contributed by atoms with Crippen molar-refractivity contribution in [3.63, 3.8) is 0 Å². The van der Waals surface area contributed by atoms with E-state index in [9.17, 15) is 13.5 Å². The second-order valence-electron chi connectivity index (χ2n) is 6.46. The van der Waals surface area contributed by atoms with Crippen LogP contribution in [0.1, 0.15) is 23.6 Å². The summed E-state index contributed by atoms with van der Waals surface area (Å²) in [5.74, 6) is 0.319. The fourth-order valence-electron chi connectivity index (χ4n) is 2.84. The van der Waals surface area contributed by atoms with Crippen LogP contribution in [0.3, 0.4) is 0 Å². The molecule has 8 nitrogen and oxygen atoms in total. The van der Waals surface area contributed by atoms with E-state index in [1.165, 1.54) is 12.1 Å². The number of hydrogen-bond donors (Lipinski definition) is 3. The predicted octanol–water partition coefficient (Wildman–Crippen LogP) is 2.26. The van der Waals surface area contributed by atoms with Gasteiger partial charge in [-0.05, 0) is 55.8 Å². The molecule has 0 saturated heterocycles. The molecule has 1 heterocycles. The summed E-state index contributed by atoms with van der Waals surface area (Å²) in [6.07, 6.45) is -1.44. The fourth-order valence-corrected chi connectivity index (χ4v) is 3.44. The number of aliphatic hydroxyl groups excluding tert-OH is 1. The Labute approximate surface area is 174 Å². The Kier molecular flexibility index (Phi) is 6.27.